The number of amides is 1. The minimum atomic E-state index is -0.528. The SMILES string of the molecule is NC(=O)COCCNc1c(Cl)cnn(CC2CCC2)c1=O. The summed E-state index contributed by atoms with van der Waals surface area (Å²) >= 11 is 6.00. The first-order valence-corrected chi connectivity index (χ1v) is 7.31. The monoisotopic (exact) mass is 314 g/mol. The molecule has 1 aromatic rings. The zero-order valence-corrected chi connectivity index (χ0v) is 12.4. The van der Waals surface area contributed by atoms with Gasteiger partial charge in [0.2, 0.25) is 5.91 Å². The lowest BCUT2D eigenvalue weighted by molar-refractivity contribution is -0.122. The van der Waals surface area contributed by atoms with Crippen LogP contribution in [0, 0.1) is 5.92 Å². The number of halogens is 1. The second kappa shape index (κ2) is 7.42. The van der Waals surface area contributed by atoms with Crippen molar-refractivity contribution in [3.8, 4) is 0 Å². The molecule has 8 heteroatoms. The molecule has 116 valence electrons. The van der Waals surface area contributed by atoms with Gasteiger partial charge in [0.25, 0.3) is 5.56 Å². The van der Waals surface area contributed by atoms with Crippen molar-refractivity contribution in [1.29, 1.82) is 0 Å². The van der Waals surface area contributed by atoms with E-state index < -0.39 is 5.91 Å². The van der Waals surface area contributed by atoms with Crippen LogP contribution < -0.4 is 16.6 Å². The minimum Gasteiger partial charge on any atom is -0.377 e. The lowest BCUT2D eigenvalue weighted by Crippen LogP contribution is -2.31. The van der Waals surface area contributed by atoms with E-state index in [0.717, 1.165) is 12.8 Å². The Morgan fingerprint density at radius 1 is 1.57 bits per heavy atom. The lowest BCUT2D eigenvalue weighted by Gasteiger charge is -2.25. The number of primary amides is 1. The molecular weight excluding hydrogens is 296 g/mol. The predicted molar refractivity (Wildman–Crippen MR) is 79.4 cm³/mol. The molecule has 1 amide bonds. The first kappa shape index (κ1) is 15.8. The van der Waals surface area contributed by atoms with E-state index in [1.165, 1.54) is 17.3 Å². The number of nitrogens with two attached hydrogens (primary N) is 1. The fraction of sp³-hybridized carbons (Fsp3) is 0.615. The van der Waals surface area contributed by atoms with E-state index in [-0.39, 0.29) is 23.8 Å². The molecule has 1 aliphatic rings. The van der Waals surface area contributed by atoms with Crippen LogP contribution in [0.5, 0.6) is 0 Å². The van der Waals surface area contributed by atoms with Crippen molar-refractivity contribution in [3.05, 3.63) is 21.6 Å². The molecular formula is C13H19ClN4O3. The Bertz CT molecular complexity index is 557. The van der Waals surface area contributed by atoms with Gasteiger partial charge in [0.15, 0.2) is 0 Å². The predicted octanol–water partition coefficient (Wildman–Crippen LogP) is 0.611. The van der Waals surface area contributed by atoms with E-state index in [9.17, 15) is 9.59 Å². The summed E-state index contributed by atoms with van der Waals surface area (Å²) in [4.78, 5) is 22.8. The van der Waals surface area contributed by atoms with Crippen molar-refractivity contribution in [2.24, 2.45) is 11.7 Å². The zero-order valence-electron chi connectivity index (χ0n) is 11.7. The second-order valence-corrected chi connectivity index (χ2v) is 5.50. The van der Waals surface area contributed by atoms with Crippen LogP contribution in [0.4, 0.5) is 5.69 Å². The quantitative estimate of drug-likeness (QED) is 0.685. The van der Waals surface area contributed by atoms with Crippen molar-refractivity contribution in [3.63, 3.8) is 0 Å². The highest BCUT2D eigenvalue weighted by Crippen LogP contribution is 2.27. The van der Waals surface area contributed by atoms with E-state index >= 15 is 0 Å². The van der Waals surface area contributed by atoms with Gasteiger partial charge in [-0.3, -0.25) is 9.59 Å². The van der Waals surface area contributed by atoms with E-state index in [2.05, 4.69) is 10.4 Å². The third-order valence-corrected chi connectivity index (χ3v) is 3.73. The number of carbonyl (C=O) groups is 1. The molecule has 0 unspecified atom stereocenters. The average molecular weight is 315 g/mol. The number of hydrogen-bond acceptors (Lipinski definition) is 5. The summed E-state index contributed by atoms with van der Waals surface area (Å²) in [5.41, 5.74) is 5.03. The van der Waals surface area contributed by atoms with Gasteiger partial charge < -0.3 is 15.8 Å². The highest BCUT2D eigenvalue weighted by atomic mass is 35.5. The Morgan fingerprint density at radius 2 is 2.33 bits per heavy atom. The summed E-state index contributed by atoms with van der Waals surface area (Å²) in [5.74, 6) is 0.00271. The number of carbonyl (C=O) groups excluding carboxylic acids is 1. The molecule has 1 fully saturated rings. The highest BCUT2D eigenvalue weighted by molar-refractivity contribution is 6.32. The normalized spacial score (nSPS) is 14.7. The van der Waals surface area contributed by atoms with Crippen molar-refractivity contribution in [2.45, 2.75) is 25.8 Å². The van der Waals surface area contributed by atoms with E-state index in [1.807, 2.05) is 0 Å². The third-order valence-electron chi connectivity index (χ3n) is 3.45. The molecule has 21 heavy (non-hydrogen) atoms. The van der Waals surface area contributed by atoms with Gasteiger partial charge in [-0.25, -0.2) is 4.68 Å². The largest absolute Gasteiger partial charge is 0.377 e. The molecule has 0 aliphatic heterocycles. The minimum absolute atomic E-state index is 0.141. The highest BCUT2D eigenvalue weighted by Gasteiger charge is 2.20. The lowest BCUT2D eigenvalue weighted by atomic mass is 9.85. The Kier molecular flexibility index (Phi) is 5.58. The van der Waals surface area contributed by atoms with Crippen molar-refractivity contribution in [2.75, 3.05) is 25.1 Å². The van der Waals surface area contributed by atoms with Crippen LogP contribution in [0.2, 0.25) is 5.02 Å². The van der Waals surface area contributed by atoms with Crippen LogP contribution in [0.3, 0.4) is 0 Å². The Morgan fingerprint density at radius 3 is 2.95 bits per heavy atom. The maximum absolute atomic E-state index is 12.3. The van der Waals surface area contributed by atoms with Gasteiger partial charge in [0.05, 0.1) is 17.8 Å². The maximum atomic E-state index is 12.3. The van der Waals surface area contributed by atoms with Crippen LogP contribution in [-0.2, 0) is 16.1 Å². The Balaban J connectivity index is 1.92. The molecule has 0 bridgehead atoms. The number of anilines is 1. The smallest absolute Gasteiger partial charge is 0.291 e. The standard InChI is InChI=1S/C13H19ClN4O3/c14-10-6-17-18(7-9-2-1-3-9)13(20)12(10)16-4-5-21-8-11(15)19/h6,9,16H,1-5,7-8H2,(H2,15,19). The first-order chi connectivity index (χ1) is 10.1. The molecule has 7 nitrogen and oxygen atoms in total. The topological polar surface area (TPSA) is 99.2 Å². The number of nitrogens with one attached hydrogen (secondary N) is 1. The van der Waals surface area contributed by atoms with Crippen LogP contribution in [-0.4, -0.2) is 35.4 Å². The van der Waals surface area contributed by atoms with Crippen LogP contribution >= 0.6 is 11.6 Å². The van der Waals surface area contributed by atoms with E-state index in [1.54, 1.807) is 0 Å². The second-order valence-electron chi connectivity index (χ2n) is 5.10. The zero-order chi connectivity index (χ0) is 15.2. The van der Waals surface area contributed by atoms with E-state index in [0.29, 0.717) is 24.7 Å². The fourth-order valence-electron chi connectivity index (χ4n) is 2.10. The van der Waals surface area contributed by atoms with Crippen LogP contribution in [0.25, 0.3) is 0 Å². The summed E-state index contributed by atoms with van der Waals surface area (Å²) in [6, 6.07) is 0. The van der Waals surface area contributed by atoms with Gasteiger partial charge in [-0.05, 0) is 18.8 Å². The Hall–Kier alpha value is -1.60. The summed E-state index contributed by atoms with van der Waals surface area (Å²) in [5, 5.41) is 7.27. The number of nitrogens with zero attached hydrogens (tertiary/aromatic N) is 2. The molecule has 2 rings (SSSR count). The first-order valence-electron chi connectivity index (χ1n) is 6.93. The molecule has 0 saturated heterocycles. The molecule has 0 spiro atoms. The summed E-state index contributed by atoms with van der Waals surface area (Å²) in [6.07, 6.45) is 4.96. The van der Waals surface area contributed by atoms with Gasteiger partial charge in [-0.15, -0.1) is 0 Å². The van der Waals surface area contributed by atoms with Crippen LogP contribution in [0.15, 0.2) is 11.0 Å². The molecule has 0 aromatic carbocycles. The van der Waals surface area contributed by atoms with Crippen molar-refractivity contribution in [1.82, 2.24) is 9.78 Å². The number of rotatable bonds is 8. The number of ether oxygens (including phenoxy) is 1. The number of hydrogen-bond donors (Lipinski definition) is 2. The fourth-order valence-corrected chi connectivity index (χ4v) is 2.29. The van der Waals surface area contributed by atoms with E-state index in [4.69, 9.17) is 22.1 Å². The molecule has 3 N–H and O–H groups in total. The Labute approximate surface area is 127 Å². The van der Waals surface area contributed by atoms with Crippen LogP contribution in [0.1, 0.15) is 19.3 Å². The van der Waals surface area contributed by atoms with Gasteiger partial charge in [0, 0.05) is 13.1 Å². The van der Waals surface area contributed by atoms with Crippen molar-refractivity contribution < 1.29 is 9.53 Å². The molecule has 1 heterocycles. The summed E-state index contributed by atoms with van der Waals surface area (Å²) in [6.45, 7) is 1.10. The average Bonchev–Trinajstić information content (AvgIpc) is 2.38. The van der Waals surface area contributed by atoms with Gasteiger partial charge in [-0.1, -0.05) is 18.0 Å². The van der Waals surface area contributed by atoms with Gasteiger partial charge >= 0.3 is 0 Å². The molecule has 1 aromatic heterocycles. The summed E-state index contributed by atoms with van der Waals surface area (Å²) in [7, 11) is 0. The molecule has 0 atom stereocenters. The van der Waals surface area contributed by atoms with Crippen molar-refractivity contribution >= 4 is 23.2 Å². The third kappa shape index (κ3) is 4.44. The van der Waals surface area contributed by atoms with Gasteiger partial charge in [-0.2, -0.15) is 5.10 Å². The molecule has 0 radical (unpaired) electrons. The van der Waals surface area contributed by atoms with Gasteiger partial charge in [0.1, 0.15) is 12.3 Å². The maximum Gasteiger partial charge on any atom is 0.291 e. The summed E-state index contributed by atoms with van der Waals surface area (Å²) < 4.78 is 6.46. The number of aromatic nitrogens is 2. The molecule has 1 saturated carbocycles. The molecule has 1 aliphatic carbocycles.